The van der Waals surface area contributed by atoms with Crippen LogP contribution < -0.4 is 9.80 Å². The van der Waals surface area contributed by atoms with Gasteiger partial charge < -0.3 is 14.5 Å². The molecule has 1 saturated heterocycles. The van der Waals surface area contributed by atoms with Gasteiger partial charge in [0, 0.05) is 44.1 Å². The van der Waals surface area contributed by atoms with Gasteiger partial charge >= 0.3 is 5.97 Å². The SMILES string of the molecule is O=C(OCC(=O)N1CCCc2ccccc21)c1cc(S(=O)(=O)N2CCN(c3ccccc3)CC2)ccc1Cl. The largest absolute Gasteiger partial charge is 0.452 e. The molecule has 1 fully saturated rings. The highest BCUT2D eigenvalue weighted by atomic mass is 35.5. The molecule has 0 unspecified atom stereocenters. The van der Waals surface area contributed by atoms with Gasteiger partial charge in [0.1, 0.15) is 0 Å². The Hall–Kier alpha value is -3.40. The third-order valence-corrected chi connectivity index (χ3v) is 9.12. The van der Waals surface area contributed by atoms with E-state index in [-0.39, 0.29) is 21.4 Å². The average molecular weight is 554 g/mol. The fraction of sp³-hybridized carbons (Fsp3) is 0.286. The van der Waals surface area contributed by atoms with Gasteiger partial charge in [0.2, 0.25) is 10.0 Å². The highest BCUT2D eigenvalue weighted by Crippen LogP contribution is 2.28. The van der Waals surface area contributed by atoms with E-state index >= 15 is 0 Å². The van der Waals surface area contributed by atoms with E-state index in [0.717, 1.165) is 29.8 Å². The van der Waals surface area contributed by atoms with Gasteiger partial charge in [-0.25, -0.2) is 13.2 Å². The number of halogens is 1. The zero-order chi connectivity index (χ0) is 26.7. The molecule has 3 aromatic rings. The van der Waals surface area contributed by atoms with Crippen LogP contribution in [0.5, 0.6) is 0 Å². The van der Waals surface area contributed by atoms with Crippen LogP contribution in [0.1, 0.15) is 22.3 Å². The number of hydrogen-bond acceptors (Lipinski definition) is 6. The van der Waals surface area contributed by atoms with Crippen LogP contribution in [0.3, 0.4) is 0 Å². The normalized spacial score (nSPS) is 16.1. The molecule has 0 aliphatic carbocycles. The quantitative estimate of drug-likeness (QED) is 0.429. The molecular formula is C28H28ClN3O5S. The Kier molecular flexibility index (Phi) is 7.69. The summed E-state index contributed by atoms with van der Waals surface area (Å²) in [5.74, 6) is -1.19. The van der Waals surface area contributed by atoms with Crippen LogP contribution in [0.15, 0.2) is 77.7 Å². The second-order valence-corrected chi connectivity index (χ2v) is 11.6. The lowest BCUT2D eigenvalue weighted by Crippen LogP contribution is -2.48. The van der Waals surface area contributed by atoms with Crippen LogP contribution in [-0.4, -0.2) is 63.9 Å². The monoisotopic (exact) mass is 553 g/mol. The third kappa shape index (κ3) is 5.41. The van der Waals surface area contributed by atoms with Crippen LogP contribution in [0, 0.1) is 0 Å². The van der Waals surface area contributed by atoms with Crippen LogP contribution in [-0.2, 0) is 26.0 Å². The first-order valence-corrected chi connectivity index (χ1v) is 14.3. The van der Waals surface area contributed by atoms with Gasteiger partial charge in [0.05, 0.1) is 15.5 Å². The van der Waals surface area contributed by atoms with Gasteiger partial charge in [-0.3, -0.25) is 4.79 Å². The number of rotatable bonds is 6. The van der Waals surface area contributed by atoms with Crippen molar-refractivity contribution < 1.29 is 22.7 Å². The van der Waals surface area contributed by atoms with Crippen molar-refractivity contribution in [3.05, 3.63) is 88.9 Å². The highest BCUT2D eigenvalue weighted by molar-refractivity contribution is 7.89. The van der Waals surface area contributed by atoms with Crippen LogP contribution in [0.2, 0.25) is 5.02 Å². The molecule has 0 spiro atoms. The Balaban J connectivity index is 1.25. The summed E-state index contributed by atoms with van der Waals surface area (Å²) in [6.45, 7) is 1.79. The smallest absolute Gasteiger partial charge is 0.340 e. The first-order valence-electron chi connectivity index (χ1n) is 12.5. The number of carbonyl (C=O) groups excluding carboxylic acids is 2. The number of carbonyl (C=O) groups is 2. The van der Waals surface area contributed by atoms with Crippen molar-refractivity contribution in [2.45, 2.75) is 17.7 Å². The lowest BCUT2D eigenvalue weighted by molar-refractivity contribution is -0.121. The number of sulfonamides is 1. The third-order valence-electron chi connectivity index (χ3n) is 6.89. The molecule has 0 N–H and O–H groups in total. The number of anilines is 2. The van der Waals surface area contributed by atoms with Crippen molar-refractivity contribution >= 4 is 44.9 Å². The van der Waals surface area contributed by atoms with E-state index in [2.05, 4.69) is 4.90 Å². The number of amides is 1. The molecule has 0 saturated carbocycles. The Morgan fingerprint density at radius 1 is 0.868 bits per heavy atom. The van der Waals surface area contributed by atoms with Crippen molar-refractivity contribution in [3.8, 4) is 0 Å². The molecule has 1 amide bonds. The summed E-state index contributed by atoms with van der Waals surface area (Å²) in [6.07, 6.45) is 1.71. The molecule has 0 atom stereocenters. The van der Waals surface area contributed by atoms with Gasteiger partial charge in [0.15, 0.2) is 6.61 Å². The molecule has 5 rings (SSSR count). The number of para-hydroxylation sites is 2. The van der Waals surface area contributed by atoms with Crippen molar-refractivity contribution in [1.29, 1.82) is 0 Å². The first kappa shape index (κ1) is 26.2. The van der Waals surface area contributed by atoms with Crippen molar-refractivity contribution in [3.63, 3.8) is 0 Å². The molecule has 2 heterocycles. The van der Waals surface area contributed by atoms with Gasteiger partial charge in [-0.15, -0.1) is 0 Å². The van der Waals surface area contributed by atoms with Crippen LogP contribution in [0.25, 0.3) is 0 Å². The van der Waals surface area contributed by atoms with Crippen molar-refractivity contribution in [2.75, 3.05) is 49.1 Å². The number of piperazine rings is 1. The average Bonchev–Trinajstić information content (AvgIpc) is 2.96. The minimum absolute atomic E-state index is 0.0432. The molecule has 2 aliphatic heterocycles. The lowest BCUT2D eigenvalue weighted by Gasteiger charge is -2.35. The standard InChI is InChI=1S/C28H28ClN3O5S/c29-25-13-12-23(38(35,36)31-17-15-30(16-18-31)22-9-2-1-3-10-22)19-24(25)28(34)37-20-27(33)32-14-6-8-21-7-4-5-11-26(21)32/h1-5,7,9-13,19H,6,8,14-18,20H2. The lowest BCUT2D eigenvalue weighted by atomic mass is 10.0. The predicted octanol–water partition coefficient (Wildman–Crippen LogP) is 3.99. The van der Waals surface area contributed by atoms with Gasteiger partial charge in [-0.1, -0.05) is 48.0 Å². The van der Waals surface area contributed by atoms with Crippen molar-refractivity contribution in [1.82, 2.24) is 4.31 Å². The summed E-state index contributed by atoms with van der Waals surface area (Å²) in [4.78, 5) is 29.4. The highest BCUT2D eigenvalue weighted by Gasteiger charge is 2.30. The Bertz CT molecular complexity index is 1440. The van der Waals surface area contributed by atoms with E-state index in [1.807, 2.05) is 54.6 Å². The van der Waals surface area contributed by atoms with Gasteiger partial charge in [-0.05, 0) is 54.8 Å². The summed E-state index contributed by atoms with van der Waals surface area (Å²) in [5, 5.41) is 0.0543. The van der Waals surface area contributed by atoms with Crippen molar-refractivity contribution in [2.24, 2.45) is 0 Å². The summed E-state index contributed by atoms with van der Waals surface area (Å²) in [7, 11) is -3.86. The maximum atomic E-state index is 13.4. The molecule has 0 radical (unpaired) electrons. The summed E-state index contributed by atoms with van der Waals surface area (Å²) in [6, 6.07) is 21.5. The van der Waals surface area contributed by atoms with E-state index in [4.69, 9.17) is 16.3 Å². The van der Waals surface area contributed by atoms with Gasteiger partial charge in [0.25, 0.3) is 5.91 Å². The topological polar surface area (TPSA) is 87.2 Å². The zero-order valence-electron chi connectivity index (χ0n) is 20.8. The molecule has 198 valence electrons. The number of benzene rings is 3. The zero-order valence-corrected chi connectivity index (χ0v) is 22.3. The Morgan fingerprint density at radius 2 is 1.58 bits per heavy atom. The summed E-state index contributed by atoms with van der Waals surface area (Å²) < 4.78 is 33.4. The number of ether oxygens (including phenoxy) is 1. The molecule has 0 bridgehead atoms. The molecule has 0 aromatic heterocycles. The predicted molar refractivity (Wildman–Crippen MR) is 146 cm³/mol. The minimum Gasteiger partial charge on any atom is -0.452 e. The van der Waals surface area contributed by atoms with Crippen LogP contribution in [0.4, 0.5) is 11.4 Å². The van der Waals surface area contributed by atoms with E-state index in [1.54, 1.807) is 4.90 Å². The number of nitrogens with zero attached hydrogens (tertiary/aromatic N) is 3. The number of aryl methyl sites for hydroxylation is 1. The van der Waals surface area contributed by atoms with E-state index in [0.29, 0.717) is 32.7 Å². The van der Waals surface area contributed by atoms with E-state index in [1.165, 1.54) is 22.5 Å². The molecule has 38 heavy (non-hydrogen) atoms. The Morgan fingerprint density at radius 3 is 2.34 bits per heavy atom. The maximum absolute atomic E-state index is 13.4. The molecule has 10 heteroatoms. The van der Waals surface area contributed by atoms with Crippen LogP contribution >= 0.6 is 11.6 Å². The van der Waals surface area contributed by atoms with E-state index < -0.39 is 22.6 Å². The molecule has 2 aliphatic rings. The second kappa shape index (κ2) is 11.1. The summed E-state index contributed by atoms with van der Waals surface area (Å²) >= 11 is 6.23. The molecule has 8 nitrogen and oxygen atoms in total. The number of fused-ring (bicyclic) bond motifs is 1. The maximum Gasteiger partial charge on any atom is 0.340 e. The van der Waals surface area contributed by atoms with E-state index in [9.17, 15) is 18.0 Å². The minimum atomic E-state index is -3.86. The number of hydrogen-bond donors (Lipinski definition) is 0. The Labute approximate surface area is 227 Å². The fourth-order valence-electron chi connectivity index (χ4n) is 4.87. The van der Waals surface area contributed by atoms with Gasteiger partial charge in [-0.2, -0.15) is 4.31 Å². The fourth-order valence-corrected chi connectivity index (χ4v) is 6.52. The molecule has 3 aromatic carbocycles. The first-order chi connectivity index (χ1) is 18.3. The molecular weight excluding hydrogens is 526 g/mol. The number of esters is 1. The summed E-state index contributed by atoms with van der Waals surface area (Å²) in [5.41, 5.74) is 2.84. The second-order valence-electron chi connectivity index (χ2n) is 9.22.